The van der Waals surface area contributed by atoms with Crippen LogP contribution in [-0.4, -0.2) is 38.2 Å². The van der Waals surface area contributed by atoms with Crippen LogP contribution in [0.4, 0.5) is 17.5 Å². The fourth-order valence-corrected chi connectivity index (χ4v) is 2.06. The molecule has 0 aliphatic rings. The summed E-state index contributed by atoms with van der Waals surface area (Å²) >= 11 is 0. The molecule has 0 bridgehead atoms. The van der Waals surface area contributed by atoms with Gasteiger partial charge in [0.1, 0.15) is 17.4 Å². The van der Waals surface area contributed by atoms with Gasteiger partial charge in [-0.15, -0.1) is 0 Å². The average molecular weight is 296 g/mol. The number of benzene rings is 1. The molecule has 3 rings (SSSR count). The van der Waals surface area contributed by atoms with Crippen LogP contribution in [0.15, 0.2) is 36.8 Å². The van der Waals surface area contributed by atoms with Gasteiger partial charge in [-0.05, 0) is 24.6 Å². The number of aromatic nitrogens is 4. The van der Waals surface area contributed by atoms with Crippen LogP contribution in [0.2, 0.25) is 0 Å². The van der Waals surface area contributed by atoms with Crippen molar-refractivity contribution in [3.05, 3.63) is 42.4 Å². The van der Waals surface area contributed by atoms with E-state index in [4.69, 9.17) is 5.11 Å². The van der Waals surface area contributed by atoms with Crippen LogP contribution < -0.4 is 10.6 Å². The highest BCUT2D eigenvalue weighted by molar-refractivity contribution is 5.87. The zero-order chi connectivity index (χ0) is 15.4. The second-order valence-electron chi connectivity index (χ2n) is 4.79. The summed E-state index contributed by atoms with van der Waals surface area (Å²) in [5.74, 6) is 1.05. The minimum Gasteiger partial charge on any atom is -0.395 e. The van der Waals surface area contributed by atoms with Crippen LogP contribution in [0, 0.1) is 6.92 Å². The van der Waals surface area contributed by atoms with Crippen molar-refractivity contribution in [3.8, 4) is 0 Å². The van der Waals surface area contributed by atoms with Crippen LogP contribution in [0.1, 0.15) is 5.56 Å². The summed E-state index contributed by atoms with van der Waals surface area (Å²) in [6.07, 6.45) is 3.11. The van der Waals surface area contributed by atoms with E-state index in [2.05, 4.69) is 30.6 Å². The van der Waals surface area contributed by atoms with E-state index < -0.39 is 0 Å². The number of nitrogens with one attached hydrogen (secondary N) is 2. The van der Waals surface area contributed by atoms with Gasteiger partial charge >= 0.3 is 0 Å². The molecule has 0 atom stereocenters. The second kappa shape index (κ2) is 6.31. The number of fused-ring (bicyclic) bond motifs is 1. The Kier molecular flexibility index (Phi) is 4.06. The Morgan fingerprint density at radius 2 is 2.09 bits per heavy atom. The summed E-state index contributed by atoms with van der Waals surface area (Å²) in [4.78, 5) is 17.0. The highest BCUT2D eigenvalue weighted by Gasteiger charge is 2.08. The third-order valence-corrected chi connectivity index (χ3v) is 3.05. The fourth-order valence-electron chi connectivity index (χ4n) is 2.06. The van der Waals surface area contributed by atoms with Gasteiger partial charge in [0.15, 0.2) is 5.82 Å². The van der Waals surface area contributed by atoms with Gasteiger partial charge in [0.05, 0.1) is 12.8 Å². The Morgan fingerprint density at radius 1 is 1.18 bits per heavy atom. The minimum absolute atomic E-state index is 0.0150. The van der Waals surface area contributed by atoms with E-state index in [0.29, 0.717) is 29.3 Å². The van der Waals surface area contributed by atoms with Crippen LogP contribution >= 0.6 is 0 Å². The lowest BCUT2D eigenvalue weighted by atomic mass is 10.2. The number of hydrogen-bond donors (Lipinski definition) is 3. The minimum atomic E-state index is 0.0150. The molecule has 2 aromatic heterocycles. The van der Waals surface area contributed by atoms with Crippen molar-refractivity contribution >= 4 is 28.5 Å². The van der Waals surface area contributed by atoms with Gasteiger partial charge in [0.2, 0.25) is 5.95 Å². The van der Waals surface area contributed by atoms with Crippen molar-refractivity contribution in [2.24, 2.45) is 0 Å². The average Bonchev–Trinajstić information content (AvgIpc) is 2.53. The summed E-state index contributed by atoms with van der Waals surface area (Å²) in [5, 5.41) is 15.0. The first-order chi connectivity index (χ1) is 10.8. The molecule has 7 heteroatoms. The van der Waals surface area contributed by atoms with Gasteiger partial charge in [-0.1, -0.05) is 12.1 Å². The summed E-state index contributed by atoms with van der Waals surface area (Å²) in [6, 6.07) is 8.00. The van der Waals surface area contributed by atoms with Crippen molar-refractivity contribution in [2.45, 2.75) is 6.92 Å². The lowest BCUT2D eigenvalue weighted by Gasteiger charge is -2.09. The second-order valence-corrected chi connectivity index (χ2v) is 4.79. The Labute approximate surface area is 127 Å². The fraction of sp³-hybridized carbons (Fsp3) is 0.200. The molecule has 0 unspecified atom stereocenters. The van der Waals surface area contributed by atoms with E-state index in [1.54, 1.807) is 6.20 Å². The Hall–Kier alpha value is -2.80. The molecule has 0 saturated carbocycles. The molecule has 0 fully saturated rings. The van der Waals surface area contributed by atoms with Gasteiger partial charge in [-0.2, -0.15) is 0 Å². The van der Waals surface area contributed by atoms with Crippen molar-refractivity contribution < 1.29 is 5.11 Å². The predicted octanol–water partition coefficient (Wildman–Crippen LogP) is 1.88. The monoisotopic (exact) mass is 296 g/mol. The Morgan fingerprint density at radius 3 is 2.91 bits per heavy atom. The van der Waals surface area contributed by atoms with Crippen LogP contribution in [-0.2, 0) is 0 Å². The lowest BCUT2D eigenvalue weighted by molar-refractivity contribution is 0.311. The van der Waals surface area contributed by atoms with Gasteiger partial charge in [0, 0.05) is 12.2 Å². The molecule has 2 heterocycles. The zero-order valence-corrected chi connectivity index (χ0v) is 12.1. The normalized spacial score (nSPS) is 10.6. The van der Waals surface area contributed by atoms with Crippen LogP contribution in [0.3, 0.4) is 0 Å². The van der Waals surface area contributed by atoms with Crippen molar-refractivity contribution in [2.75, 3.05) is 23.8 Å². The molecular formula is C15H16N6O. The van der Waals surface area contributed by atoms with Crippen molar-refractivity contribution in [3.63, 3.8) is 0 Å². The Balaban J connectivity index is 1.97. The summed E-state index contributed by atoms with van der Waals surface area (Å²) in [5.41, 5.74) is 3.37. The number of aryl methyl sites for hydroxylation is 1. The highest BCUT2D eigenvalue weighted by Crippen LogP contribution is 2.22. The van der Waals surface area contributed by atoms with Crippen molar-refractivity contribution in [1.29, 1.82) is 0 Å². The molecule has 0 radical (unpaired) electrons. The first-order valence-electron chi connectivity index (χ1n) is 6.92. The van der Waals surface area contributed by atoms with E-state index in [1.165, 1.54) is 6.33 Å². The summed E-state index contributed by atoms with van der Waals surface area (Å²) < 4.78 is 0. The molecule has 7 nitrogen and oxygen atoms in total. The smallest absolute Gasteiger partial charge is 0.223 e. The summed E-state index contributed by atoms with van der Waals surface area (Å²) in [7, 11) is 0. The number of nitrogens with zero attached hydrogens (tertiary/aromatic N) is 4. The molecule has 0 amide bonds. The first kappa shape index (κ1) is 14.2. The maximum absolute atomic E-state index is 8.86. The SMILES string of the molecule is Cc1cccc(Nc2ncnc3cnc(NCCO)nc23)c1. The van der Waals surface area contributed by atoms with E-state index in [1.807, 2.05) is 31.2 Å². The molecule has 0 saturated heterocycles. The molecule has 22 heavy (non-hydrogen) atoms. The molecule has 1 aromatic carbocycles. The van der Waals surface area contributed by atoms with E-state index in [0.717, 1.165) is 11.3 Å². The summed E-state index contributed by atoms with van der Waals surface area (Å²) in [6.45, 7) is 2.43. The topological polar surface area (TPSA) is 95.9 Å². The first-order valence-corrected chi connectivity index (χ1v) is 6.92. The number of aliphatic hydroxyl groups is 1. The maximum atomic E-state index is 8.86. The predicted molar refractivity (Wildman–Crippen MR) is 85.2 cm³/mol. The third-order valence-electron chi connectivity index (χ3n) is 3.05. The van der Waals surface area contributed by atoms with Crippen LogP contribution in [0.5, 0.6) is 0 Å². The molecular weight excluding hydrogens is 280 g/mol. The van der Waals surface area contributed by atoms with Gasteiger partial charge < -0.3 is 15.7 Å². The van der Waals surface area contributed by atoms with Crippen LogP contribution in [0.25, 0.3) is 11.0 Å². The zero-order valence-electron chi connectivity index (χ0n) is 12.1. The van der Waals surface area contributed by atoms with E-state index >= 15 is 0 Å². The quantitative estimate of drug-likeness (QED) is 0.661. The number of aliphatic hydroxyl groups excluding tert-OH is 1. The standard InChI is InChI=1S/C15H16N6O/c1-10-3-2-4-11(7-10)20-14-13-12(18-9-19-14)8-17-15(21-13)16-5-6-22/h2-4,7-9,22H,5-6H2,1H3,(H,16,17,21)(H,18,19,20). The van der Waals surface area contributed by atoms with Gasteiger partial charge in [-0.25, -0.2) is 19.9 Å². The Bertz CT molecular complexity index is 792. The molecule has 0 aliphatic heterocycles. The maximum Gasteiger partial charge on any atom is 0.223 e. The number of anilines is 3. The molecule has 3 N–H and O–H groups in total. The lowest BCUT2D eigenvalue weighted by Crippen LogP contribution is -2.09. The molecule has 0 spiro atoms. The highest BCUT2D eigenvalue weighted by atomic mass is 16.3. The number of hydrogen-bond acceptors (Lipinski definition) is 7. The number of rotatable bonds is 5. The molecule has 112 valence electrons. The van der Waals surface area contributed by atoms with Gasteiger partial charge in [-0.3, -0.25) is 0 Å². The van der Waals surface area contributed by atoms with Gasteiger partial charge in [0.25, 0.3) is 0 Å². The third kappa shape index (κ3) is 3.09. The van der Waals surface area contributed by atoms with E-state index in [9.17, 15) is 0 Å². The van der Waals surface area contributed by atoms with E-state index in [-0.39, 0.29) is 6.61 Å². The van der Waals surface area contributed by atoms with Crippen molar-refractivity contribution in [1.82, 2.24) is 19.9 Å². The largest absolute Gasteiger partial charge is 0.395 e. The molecule has 0 aliphatic carbocycles. The molecule has 3 aromatic rings.